The summed E-state index contributed by atoms with van der Waals surface area (Å²) in [7, 11) is 0. The number of aromatic carboxylic acids is 1. The molecule has 19 heavy (non-hydrogen) atoms. The van der Waals surface area contributed by atoms with Crippen LogP contribution in [0.15, 0.2) is 24.9 Å². The van der Waals surface area contributed by atoms with Gasteiger partial charge in [-0.2, -0.15) is 0 Å². The Morgan fingerprint density at radius 1 is 1.63 bits per heavy atom. The zero-order valence-electron chi connectivity index (χ0n) is 9.53. The lowest BCUT2D eigenvalue weighted by Gasteiger charge is -2.06. The predicted octanol–water partition coefficient (Wildman–Crippen LogP) is 1.42. The van der Waals surface area contributed by atoms with Crippen molar-refractivity contribution in [1.29, 1.82) is 0 Å². The molecule has 0 unspecified atom stereocenters. The van der Waals surface area contributed by atoms with Gasteiger partial charge in [-0.15, -0.1) is 0 Å². The lowest BCUT2D eigenvalue weighted by molar-refractivity contribution is -0.385. The fourth-order valence-electron chi connectivity index (χ4n) is 1.08. The summed E-state index contributed by atoms with van der Waals surface area (Å²) in [5.74, 6) is -1.80. The first-order valence-corrected chi connectivity index (χ1v) is 4.88. The normalized spacial score (nSPS) is 9.47. The molecule has 1 aromatic rings. The smallest absolute Gasteiger partial charge is 0.413 e. The number of pyridine rings is 1. The summed E-state index contributed by atoms with van der Waals surface area (Å²) < 4.78 is 4.57. The Morgan fingerprint density at radius 2 is 2.32 bits per heavy atom. The first kappa shape index (κ1) is 14.1. The van der Waals surface area contributed by atoms with Crippen LogP contribution in [0.5, 0.6) is 0 Å². The van der Waals surface area contributed by atoms with Crippen LogP contribution in [0.4, 0.5) is 16.3 Å². The van der Waals surface area contributed by atoms with Crippen LogP contribution in [-0.2, 0) is 4.74 Å². The molecule has 1 amide bonds. The van der Waals surface area contributed by atoms with Crippen molar-refractivity contribution in [2.45, 2.75) is 0 Å². The molecule has 0 spiro atoms. The van der Waals surface area contributed by atoms with Gasteiger partial charge in [0.2, 0.25) is 0 Å². The number of nitrogens with one attached hydrogen (secondary N) is 1. The van der Waals surface area contributed by atoms with Crippen molar-refractivity contribution < 1.29 is 24.4 Å². The summed E-state index contributed by atoms with van der Waals surface area (Å²) in [5.41, 5.74) is -1.01. The Kier molecular flexibility index (Phi) is 4.52. The van der Waals surface area contributed by atoms with E-state index in [-0.39, 0.29) is 12.4 Å². The van der Waals surface area contributed by atoms with Gasteiger partial charge in [-0.25, -0.2) is 14.6 Å². The SMILES string of the molecule is C=CCOC(=O)Nc1ncc([N+](=O)[O-])cc1C(=O)O. The number of ether oxygens (including phenoxy) is 1. The molecular formula is C10H9N3O6. The average molecular weight is 267 g/mol. The third-order valence-electron chi connectivity index (χ3n) is 1.87. The van der Waals surface area contributed by atoms with E-state index in [0.29, 0.717) is 0 Å². The molecule has 0 saturated carbocycles. The highest BCUT2D eigenvalue weighted by Crippen LogP contribution is 2.19. The maximum atomic E-state index is 11.2. The average Bonchev–Trinajstić information content (AvgIpc) is 2.36. The molecule has 0 radical (unpaired) electrons. The van der Waals surface area contributed by atoms with Crippen LogP contribution in [-0.4, -0.2) is 33.7 Å². The van der Waals surface area contributed by atoms with Crippen molar-refractivity contribution in [3.8, 4) is 0 Å². The third kappa shape index (κ3) is 3.77. The Morgan fingerprint density at radius 3 is 2.84 bits per heavy atom. The lowest BCUT2D eigenvalue weighted by atomic mass is 10.2. The van der Waals surface area contributed by atoms with Crippen LogP contribution in [0.2, 0.25) is 0 Å². The van der Waals surface area contributed by atoms with E-state index < -0.39 is 28.2 Å². The quantitative estimate of drug-likeness (QED) is 0.468. The number of amides is 1. The number of carbonyl (C=O) groups excluding carboxylic acids is 1. The minimum Gasteiger partial charge on any atom is -0.478 e. The Bertz CT molecular complexity index is 542. The number of carboxylic acid groups (broad SMARTS) is 1. The fraction of sp³-hybridized carbons (Fsp3) is 0.100. The number of rotatable bonds is 5. The van der Waals surface area contributed by atoms with Gasteiger partial charge in [0.25, 0.3) is 5.69 Å². The van der Waals surface area contributed by atoms with Crippen LogP contribution in [0.1, 0.15) is 10.4 Å². The van der Waals surface area contributed by atoms with E-state index in [4.69, 9.17) is 5.11 Å². The summed E-state index contributed by atoms with van der Waals surface area (Å²) in [6.45, 7) is 3.26. The zero-order valence-corrected chi connectivity index (χ0v) is 9.53. The van der Waals surface area contributed by atoms with Crippen molar-refractivity contribution in [2.75, 3.05) is 11.9 Å². The largest absolute Gasteiger partial charge is 0.478 e. The minimum absolute atomic E-state index is 0.0682. The van der Waals surface area contributed by atoms with E-state index in [1.807, 2.05) is 0 Å². The predicted molar refractivity (Wildman–Crippen MR) is 63.0 cm³/mol. The summed E-state index contributed by atoms with van der Waals surface area (Å²) >= 11 is 0. The molecule has 1 heterocycles. The second-order valence-corrected chi connectivity index (χ2v) is 3.16. The van der Waals surface area contributed by atoms with Crippen molar-refractivity contribution in [2.24, 2.45) is 0 Å². The molecule has 0 fully saturated rings. The minimum atomic E-state index is -1.46. The van der Waals surface area contributed by atoms with Crippen LogP contribution < -0.4 is 5.32 Å². The van der Waals surface area contributed by atoms with Crippen molar-refractivity contribution in [3.05, 3.63) is 40.6 Å². The molecule has 0 aliphatic carbocycles. The van der Waals surface area contributed by atoms with Gasteiger partial charge in [0, 0.05) is 6.07 Å². The van der Waals surface area contributed by atoms with Crippen molar-refractivity contribution in [3.63, 3.8) is 0 Å². The maximum absolute atomic E-state index is 11.2. The van der Waals surface area contributed by atoms with Crippen molar-refractivity contribution in [1.82, 2.24) is 4.98 Å². The van der Waals surface area contributed by atoms with Gasteiger partial charge in [-0.05, 0) is 0 Å². The van der Waals surface area contributed by atoms with Crippen molar-refractivity contribution >= 4 is 23.6 Å². The summed E-state index contributed by atoms with van der Waals surface area (Å²) in [4.78, 5) is 35.4. The number of hydrogen-bond donors (Lipinski definition) is 2. The molecule has 9 nitrogen and oxygen atoms in total. The van der Waals surface area contributed by atoms with E-state index >= 15 is 0 Å². The highest BCUT2D eigenvalue weighted by molar-refractivity contribution is 5.97. The van der Waals surface area contributed by atoms with E-state index in [2.05, 4.69) is 21.6 Å². The Labute approximate surface area is 106 Å². The van der Waals surface area contributed by atoms with Gasteiger partial charge < -0.3 is 9.84 Å². The molecule has 1 rings (SSSR count). The number of carbonyl (C=O) groups is 2. The van der Waals surface area contributed by atoms with Gasteiger partial charge in [0.05, 0.1) is 4.92 Å². The first-order chi connectivity index (χ1) is 8.95. The highest BCUT2D eigenvalue weighted by Gasteiger charge is 2.19. The molecule has 0 aliphatic heterocycles. The van der Waals surface area contributed by atoms with Crippen LogP contribution in [0.3, 0.4) is 0 Å². The van der Waals surface area contributed by atoms with E-state index in [1.54, 1.807) is 0 Å². The van der Waals surface area contributed by atoms with E-state index in [9.17, 15) is 19.7 Å². The number of hydrogen-bond acceptors (Lipinski definition) is 6. The molecule has 0 aromatic carbocycles. The molecular weight excluding hydrogens is 258 g/mol. The zero-order chi connectivity index (χ0) is 14.4. The summed E-state index contributed by atoms with van der Waals surface area (Å²) in [5, 5.41) is 21.5. The van der Waals surface area contributed by atoms with Gasteiger partial charge >= 0.3 is 12.1 Å². The van der Waals surface area contributed by atoms with Crippen LogP contribution in [0.25, 0.3) is 0 Å². The lowest BCUT2D eigenvalue weighted by Crippen LogP contribution is -2.17. The van der Waals surface area contributed by atoms with Gasteiger partial charge in [0.15, 0.2) is 0 Å². The topological polar surface area (TPSA) is 132 Å². The third-order valence-corrected chi connectivity index (χ3v) is 1.87. The monoisotopic (exact) mass is 267 g/mol. The standard InChI is InChI=1S/C10H9N3O6/c1-2-3-19-10(16)12-8-7(9(14)15)4-6(5-11-8)13(17)18/h2,4-5H,1,3H2,(H,14,15)(H,11,12,16). The van der Waals surface area contributed by atoms with Gasteiger partial charge in [0.1, 0.15) is 24.2 Å². The van der Waals surface area contributed by atoms with Gasteiger partial charge in [-0.3, -0.25) is 15.4 Å². The van der Waals surface area contributed by atoms with Crippen LogP contribution >= 0.6 is 0 Å². The Balaban J connectivity index is 3.00. The molecule has 2 N–H and O–H groups in total. The highest BCUT2D eigenvalue weighted by atomic mass is 16.6. The van der Waals surface area contributed by atoms with Crippen LogP contribution in [0, 0.1) is 10.1 Å². The molecule has 0 bridgehead atoms. The molecule has 0 saturated heterocycles. The Hall–Kier alpha value is -2.97. The fourth-order valence-corrected chi connectivity index (χ4v) is 1.08. The molecule has 100 valence electrons. The van der Waals surface area contributed by atoms with E-state index in [0.717, 1.165) is 12.3 Å². The molecule has 9 heteroatoms. The second kappa shape index (κ2) is 6.10. The number of aromatic nitrogens is 1. The molecule has 0 atom stereocenters. The summed E-state index contributed by atoms with van der Waals surface area (Å²) in [6, 6.07) is 0.790. The second-order valence-electron chi connectivity index (χ2n) is 3.16. The molecule has 1 aromatic heterocycles. The van der Waals surface area contributed by atoms with Gasteiger partial charge in [-0.1, -0.05) is 12.7 Å². The van der Waals surface area contributed by atoms with E-state index in [1.165, 1.54) is 6.08 Å². The number of nitro groups is 1. The number of nitrogens with zero attached hydrogens (tertiary/aromatic N) is 2. The maximum Gasteiger partial charge on any atom is 0.413 e. The number of carboxylic acids is 1. The first-order valence-electron chi connectivity index (χ1n) is 4.88. The number of anilines is 1. The molecule has 0 aliphatic rings. The summed E-state index contributed by atoms with van der Waals surface area (Å²) in [6.07, 6.45) is 1.21.